The van der Waals surface area contributed by atoms with E-state index in [1.165, 1.54) is 47.1 Å². The Morgan fingerprint density at radius 3 is 2.44 bits per heavy atom. The molecule has 0 bridgehead atoms. The normalized spacial score (nSPS) is 28.1. The van der Waals surface area contributed by atoms with Gasteiger partial charge in [0.25, 0.3) is 0 Å². The first-order valence-electron chi connectivity index (χ1n) is 14.0. The molecule has 0 N–H and O–H groups in total. The van der Waals surface area contributed by atoms with Crippen molar-refractivity contribution in [3.8, 4) is 0 Å². The van der Waals surface area contributed by atoms with E-state index in [-0.39, 0.29) is 32.0 Å². The van der Waals surface area contributed by atoms with Crippen LogP contribution in [0.3, 0.4) is 0 Å². The van der Waals surface area contributed by atoms with Crippen LogP contribution >= 0.6 is 0 Å². The van der Waals surface area contributed by atoms with Gasteiger partial charge in [-0.1, -0.05) is 6.92 Å². The summed E-state index contributed by atoms with van der Waals surface area (Å²) in [4.78, 5) is 0. The van der Waals surface area contributed by atoms with Crippen molar-refractivity contribution in [2.75, 3.05) is 0 Å². The number of hydrogen-bond donors (Lipinski definition) is 0. The van der Waals surface area contributed by atoms with Gasteiger partial charge in [-0.2, -0.15) is 0 Å². The van der Waals surface area contributed by atoms with Crippen molar-refractivity contribution < 1.29 is 21.2 Å². The van der Waals surface area contributed by atoms with Crippen molar-refractivity contribution in [1.29, 1.82) is 0 Å². The number of halogens is 1. The van der Waals surface area contributed by atoms with Gasteiger partial charge in [0.15, 0.2) is 0 Å². The first-order valence-corrected chi connectivity index (χ1v) is 16.3. The van der Waals surface area contributed by atoms with E-state index in [0.29, 0.717) is 5.92 Å². The molecule has 5 rings (SSSR count). The Kier molecular flexibility index (Phi) is 6.94. The SMILES string of the molecule is CCc1ccc(C2=CC[C@]3(C)C[C@H]([C@H](C)C4=Cc5c(C)cc(C)cc5[I-][C@@H]4C)CC=C3C2(C)C)cc1. The summed E-state index contributed by atoms with van der Waals surface area (Å²) in [5, 5.41) is 0. The summed E-state index contributed by atoms with van der Waals surface area (Å²) in [7, 11) is 0. The molecule has 0 unspecified atom stereocenters. The molecule has 0 saturated carbocycles. The van der Waals surface area contributed by atoms with Gasteiger partial charge in [0.1, 0.15) is 0 Å². The zero-order chi connectivity index (χ0) is 25.8. The molecule has 4 atom stereocenters. The molecule has 36 heavy (non-hydrogen) atoms. The second kappa shape index (κ2) is 9.61. The van der Waals surface area contributed by atoms with E-state index < -0.39 is 0 Å². The van der Waals surface area contributed by atoms with Crippen molar-refractivity contribution in [2.24, 2.45) is 22.7 Å². The molecule has 1 heteroatoms. The van der Waals surface area contributed by atoms with Crippen LogP contribution in [0.2, 0.25) is 0 Å². The van der Waals surface area contributed by atoms with Crippen LogP contribution in [0.15, 0.2) is 59.7 Å². The summed E-state index contributed by atoms with van der Waals surface area (Å²) < 4.78 is 2.40. The van der Waals surface area contributed by atoms with Crippen LogP contribution < -0.4 is 21.2 Å². The standard InChI is InChI=1S/C35H44I/c1-9-26-10-12-27(13-11-26)31-16-17-35(8)21-28(14-15-33(35)34(31,6)7)24(4)30-20-29-23(3)18-22(2)19-32(29)36-25(30)5/h10-13,15-16,18-20,24-25,28H,9,14,17,21H2,1-8H3/q-1/t24-,25+,28+,35+/m0/s1. The van der Waals surface area contributed by atoms with Crippen LogP contribution in [-0.2, 0) is 6.42 Å². The molecule has 0 fully saturated rings. The van der Waals surface area contributed by atoms with Crippen LogP contribution in [0.5, 0.6) is 0 Å². The molecule has 0 saturated heterocycles. The number of benzene rings is 2. The molecule has 0 aromatic heterocycles. The van der Waals surface area contributed by atoms with Gasteiger partial charge in [0.05, 0.1) is 0 Å². The van der Waals surface area contributed by atoms with E-state index in [4.69, 9.17) is 0 Å². The second-order valence-corrected chi connectivity index (χ2v) is 16.2. The first kappa shape index (κ1) is 26.0. The fourth-order valence-corrected chi connectivity index (χ4v) is 11.2. The van der Waals surface area contributed by atoms with Gasteiger partial charge >= 0.3 is 213 Å². The van der Waals surface area contributed by atoms with Crippen LogP contribution in [0, 0.1) is 40.1 Å². The Morgan fingerprint density at radius 2 is 1.75 bits per heavy atom. The molecule has 0 spiro atoms. The van der Waals surface area contributed by atoms with Crippen molar-refractivity contribution in [3.63, 3.8) is 0 Å². The Labute approximate surface area is 230 Å². The average molecular weight is 592 g/mol. The predicted molar refractivity (Wildman–Crippen MR) is 152 cm³/mol. The van der Waals surface area contributed by atoms with Gasteiger partial charge in [0.2, 0.25) is 0 Å². The molecule has 2 aromatic carbocycles. The minimum absolute atomic E-state index is 0.0280. The molecule has 2 aliphatic carbocycles. The zero-order valence-electron chi connectivity index (χ0n) is 23.6. The Morgan fingerprint density at radius 1 is 1.03 bits per heavy atom. The summed E-state index contributed by atoms with van der Waals surface area (Å²) in [5.74, 6) is 1.39. The number of aryl methyl sites for hydroxylation is 3. The van der Waals surface area contributed by atoms with Crippen molar-refractivity contribution in [3.05, 3.63) is 91.1 Å². The molecule has 1 heterocycles. The molecule has 3 aliphatic rings. The average Bonchev–Trinajstić information content (AvgIpc) is 2.82. The number of alkyl halides is 1. The van der Waals surface area contributed by atoms with E-state index in [1.807, 2.05) is 0 Å². The molecule has 0 amide bonds. The van der Waals surface area contributed by atoms with Gasteiger partial charge in [-0.25, -0.2) is 0 Å². The van der Waals surface area contributed by atoms with Gasteiger partial charge in [-0.3, -0.25) is 0 Å². The second-order valence-electron chi connectivity index (χ2n) is 12.5. The topological polar surface area (TPSA) is 0 Å². The fourth-order valence-electron chi connectivity index (χ4n) is 7.48. The summed E-state index contributed by atoms with van der Waals surface area (Å²) in [5.41, 5.74) is 12.6. The third-order valence-electron chi connectivity index (χ3n) is 9.53. The zero-order valence-corrected chi connectivity index (χ0v) is 25.8. The van der Waals surface area contributed by atoms with Crippen molar-refractivity contribution in [1.82, 2.24) is 0 Å². The molecule has 1 aliphatic heterocycles. The Bertz CT molecular complexity index is 1250. The van der Waals surface area contributed by atoms with Crippen molar-refractivity contribution >= 4 is 11.6 Å². The Balaban J connectivity index is 1.42. The van der Waals surface area contributed by atoms with E-state index in [0.717, 1.165) is 16.3 Å². The quantitative estimate of drug-likeness (QED) is 0.219. The molecule has 192 valence electrons. The number of hydrogen-bond acceptors (Lipinski definition) is 0. The van der Waals surface area contributed by atoms with Crippen LogP contribution in [0.25, 0.3) is 11.6 Å². The van der Waals surface area contributed by atoms with E-state index in [1.54, 1.807) is 20.3 Å². The van der Waals surface area contributed by atoms with E-state index in [2.05, 4.69) is 110 Å². The number of allylic oxidation sites excluding steroid dienone is 5. The van der Waals surface area contributed by atoms with Crippen LogP contribution in [-0.4, -0.2) is 3.92 Å². The molecular formula is C35H44I-. The molecule has 0 nitrogen and oxygen atoms in total. The molecule has 2 aromatic rings. The van der Waals surface area contributed by atoms with Crippen molar-refractivity contribution in [2.45, 2.75) is 85.0 Å². The predicted octanol–water partition coefficient (Wildman–Crippen LogP) is 6.40. The van der Waals surface area contributed by atoms with Crippen LogP contribution in [0.1, 0.15) is 88.6 Å². The molecular weight excluding hydrogens is 547 g/mol. The third-order valence-corrected chi connectivity index (χ3v) is 12.7. The first-order chi connectivity index (χ1) is 17.0. The van der Waals surface area contributed by atoms with E-state index >= 15 is 0 Å². The minimum atomic E-state index is 0.0280. The van der Waals surface area contributed by atoms with Gasteiger partial charge in [-0.15, -0.1) is 0 Å². The number of rotatable bonds is 4. The third kappa shape index (κ3) is 4.48. The maximum atomic E-state index is 2.67. The summed E-state index contributed by atoms with van der Waals surface area (Å²) in [6.07, 6.45) is 12.7. The maximum absolute atomic E-state index is 2.67. The molecule has 0 radical (unpaired) electrons. The summed E-state index contributed by atoms with van der Waals surface area (Å²) in [6, 6.07) is 14.2. The summed E-state index contributed by atoms with van der Waals surface area (Å²) in [6.45, 7) is 19.3. The monoisotopic (exact) mass is 591 g/mol. The number of fused-ring (bicyclic) bond motifs is 2. The fraction of sp³-hybridized carbons (Fsp3) is 0.486. The van der Waals surface area contributed by atoms with Gasteiger partial charge in [-0.05, 0) is 12.0 Å². The van der Waals surface area contributed by atoms with Gasteiger partial charge < -0.3 is 0 Å². The van der Waals surface area contributed by atoms with Crippen LogP contribution in [0.4, 0.5) is 0 Å². The van der Waals surface area contributed by atoms with E-state index in [9.17, 15) is 0 Å². The van der Waals surface area contributed by atoms with Gasteiger partial charge in [0, 0.05) is 0 Å². The Hall–Kier alpha value is -1.61. The summed E-state index contributed by atoms with van der Waals surface area (Å²) >= 11 is 0.0280.